The zero-order chi connectivity index (χ0) is 18.1. The van der Waals surface area contributed by atoms with Gasteiger partial charge in [-0.25, -0.2) is 0 Å². The number of nitrogens with zero attached hydrogens (tertiary/aromatic N) is 1. The number of piperidine rings is 1. The van der Waals surface area contributed by atoms with E-state index in [4.69, 9.17) is 5.26 Å². The largest absolute Gasteiger partial charge is 0.508 e. The van der Waals surface area contributed by atoms with E-state index in [1.165, 1.54) is 6.20 Å². The summed E-state index contributed by atoms with van der Waals surface area (Å²) in [5.41, 5.74) is 0.827. The second kappa shape index (κ2) is 9.45. The minimum Gasteiger partial charge on any atom is -0.508 e. The van der Waals surface area contributed by atoms with E-state index in [0.717, 1.165) is 31.5 Å². The zero-order valence-electron chi connectivity index (χ0n) is 13.9. The summed E-state index contributed by atoms with van der Waals surface area (Å²) in [6, 6.07) is 8.49. The van der Waals surface area contributed by atoms with Gasteiger partial charge in [-0.3, -0.25) is 9.59 Å². The molecule has 1 heterocycles. The van der Waals surface area contributed by atoms with Gasteiger partial charge in [0.25, 0.3) is 5.91 Å². The van der Waals surface area contributed by atoms with Crippen LogP contribution in [0.15, 0.2) is 36.0 Å². The van der Waals surface area contributed by atoms with Crippen molar-refractivity contribution in [3.8, 4) is 11.8 Å². The Morgan fingerprint density at radius 3 is 2.60 bits per heavy atom. The fraction of sp³-hybridized carbons (Fsp3) is 0.389. The van der Waals surface area contributed by atoms with Crippen LogP contribution in [0.1, 0.15) is 18.4 Å². The van der Waals surface area contributed by atoms with Crippen LogP contribution in [-0.4, -0.2) is 36.6 Å². The number of amides is 2. The number of hydrogen-bond donors (Lipinski definition) is 4. The Bertz CT molecular complexity index is 671. The van der Waals surface area contributed by atoms with Crippen LogP contribution in [-0.2, 0) is 16.0 Å². The van der Waals surface area contributed by atoms with Crippen LogP contribution in [0.2, 0.25) is 0 Å². The number of carbonyl (C=O) groups is 2. The first-order chi connectivity index (χ1) is 12.1. The molecule has 7 nitrogen and oxygen atoms in total. The van der Waals surface area contributed by atoms with Gasteiger partial charge in [0.1, 0.15) is 17.4 Å². The molecule has 0 saturated carbocycles. The molecule has 0 radical (unpaired) electrons. The van der Waals surface area contributed by atoms with Crippen LogP contribution in [0.5, 0.6) is 5.75 Å². The van der Waals surface area contributed by atoms with Crippen LogP contribution in [0.3, 0.4) is 0 Å². The molecule has 0 atom stereocenters. The van der Waals surface area contributed by atoms with E-state index in [1.54, 1.807) is 30.3 Å². The molecule has 1 aromatic rings. The highest BCUT2D eigenvalue weighted by molar-refractivity contribution is 5.97. The fourth-order valence-corrected chi connectivity index (χ4v) is 2.57. The molecule has 0 bridgehead atoms. The van der Waals surface area contributed by atoms with E-state index in [0.29, 0.717) is 13.0 Å². The Morgan fingerprint density at radius 1 is 1.28 bits per heavy atom. The van der Waals surface area contributed by atoms with Crippen LogP contribution >= 0.6 is 0 Å². The van der Waals surface area contributed by atoms with Crippen molar-refractivity contribution in [1.29, 1.82) is 5.26 Å². The van der Waals surface area contributed by atoms with Crippen molar-refractivity contribution >= 4 is 11.8 Å². The summed E-state index contributed by atoms with van der Waals surface area (Å²) in [6.07, 6.45) is 3.26. The maximum absolute atomic E-state index is 12.0. The van der Waals surface area contributed by atoms with Gasteiger partial charge in [0, 0.05) is 18.7 Å². The van der Waals surface area contributed by atoms with Gasteiger partial charge in [-0.15, -0.1) is 0 Å². The van der Waals surface area contributed by atoms with Crippen molar-refractivity contribution in [2.45, 2.75) is 19.3 Å². The van der Waals surface area contributed by atoms with Gasteiger partial charge in [0.15, 0.2) is 0 Å². The predicted molar refractivity (Wildman–Crippen MR) is 92.3 cm³/mol. The SMILES string of the molecule is N#C/C(=C/NC(=O)C1CCNCC1)C(=O)NCCc1ccc(O)cc1. The van der Waals surface area contributed by atoms with E-state index >= 15 is 0 Å². The van der Waals surface area contributed by atoms with E-state index in [9.17, 15) is 14.7 Å². The minimum atomic E-state index is -0.521. The normalized spacial score (nSPS) is 15.2. The first kappa shape index (κ1) is 18.5. The van der Waals surface area contributed by atoms with Crippen LogP contribution in [0.25, 0.3) is 0 Å². The Hall–Kier alpha value is -2.85. The van der Waals surface area contributed by atoms with Crippen molar-refractivity contribution in [2.24, 2.45) is 5.92 Å². The van der Waals surface area contributed by atoms with Crippen LogP contribution < -0.4 is 16.0 Å². The summed E-state index contributed by atoms with van der Waals surface area (Å²) in [5, 5.41) is 26.7. The number of benzene rings is 1. The molecule has 1 aromatic carbocycles. The number of carbonyl (C=O) groups excluding carboxylic acids is 2. The molecule has 2 rings (SSSR count). The van der Waals surface area contributed by atoms with Gasteiger partial charge in [-0.05, 0) is 50.0 Å². The Balaban J connectivity index is 1.80. The molecular formula is C18H22N4O3. The fourth-order valence-electron chi connectivity index (χ4n) is 2.57. The molecule has 4 N–H and O–H groups in total. The minimum absolute atomic E-state index is 0.0880. The first-order valence-corrected chi connectivity index (χ1v) is 8.27. The lowest BCUT2D eigenvalue weighted by molar-refractivity contribution is -0.124. The monoisotopic (exact) mass is 342 g/mol. The number of nitrogens with one attached hydrogen (secondary N) is 3. The number of phenols is 1. The summed E-state index contributed by atoms with van der Waals surface area (Å²) in [4.78, 5) is 24.0. The molecule has 1 saturated heterocycles. The molecule has 2 amide bonds. The molecule has 0 spiro atoms. The second-order valence-corrected chi connectivity index (χ2v) is 5.88. The van der Waals surface area contributed by atoms with Crippen LogP contribution in [0, 0.1) is 17.2 Å². The zero-order valence-corrected chi connectivity index (χ0v) is 13.9. The Morgan fingerprint density at radius 2 is 1.96 bits per heavy atom. The Kier molecular flexibility index (Phi) is 6.99. The maximum Gasteiger partial charge on any atom is 0.263 e. The number of aromatic hydroxyl groups is 1. The first-order valence-electron chi connectivity index (χ1n) is 8.27. The average Bonchev–Trinajstić information content (AvgIpc) is 2.64. The quantitative estimate of drug-likeness (QED) is 0.446. The number of nitriles is 1. The molecule has 1 aliphatic rings. The molecule has 0 aliphatic carbocycles. The third-order valence-corrected chi connectivity index (χ3v) is 4.07. The molecule has 1 fully saturated rings. The maximum atomic E-state index is 12.0. The second-order valence-electron chi connectivity index (χ2n) is 5.88. The van der Waals surface area contributed by atoms with Crippen molar-refractivity contribution in [2.75, 3.05) is 19.6 Å². The van der Waals surface area contributed by atoms with Gasteiger partial charge in [-0.1, -0.05) is 12.1 Å². The molecule has 0 aromatic heterocycles. The highest BCUT2D eigenvalue weighted by atomic mass is 16.3. The van der Waals surface area contributed by atoms with Crippen molar-refractivity contribution in [1.82, 2.24) is 16.0 Å². The molecule has 0 unspecified atom stereocenters. The van der Waals surface area contributed by atoms with Crippen molar-refractivity contribution in [3.05, 3.63) is 41.6 Å². The van der Waals surface area contributed by atoms with E-state index in [2.05, 4.69) is 16.0 Å². The predicted octanol–water partition coefficient (Wildman–Crippen LogP) is 0.574. The average molecular weight is 342 g/mol. The lowest BCUT2D eigenvalue weighted by Crippen LogP contribution is -2.37. The third kappa shape index (κ3) is 5.94. The van der Waals surface area contributed by atoms with Crippen LogP contribution in [0.4, 0.5) is 0 Å². The summed E-state index contributed by atoms with van der Waals surface area (Å²) < 4.78 is 0. The Labute approximate surface area is 146 Å². The topological polar surface area (TPSA) is 114 Å². The molecular weight excluding hydrogens is 320 g/mol. The molecule has 1 aliphatic heterocycles. The molecule has 25 heavy (non-hydrogen) atoms. The summed E-state index contributed by atoms with van der Waals surface area (Å²) >= 11 is 0. The van der Waals surface area contributed by atoms with E-state index in [1.807, 2.05) is 0 Å². The lowest BCUT2D eigenvalue weighted by atomic mass is 9.97. The van der Waals surface area contributed by atoms with Gasteiger partial charge in [0.2, 0.25) is 5.91 Å². The highest BCUT2D eigenvalue weighted by Crippen LogP contribution is 2.11. The summed E-state index contributed by atoms with van der Waals surface area (Å²) in [6.45, 7) is 1.94. The number of rotatable bonds is 6. The van der Waals surface area contributed by atoms with Gasteiger partial charge >= 0.3 is 0 Å². The molecule has 7 heteroatoms. The van der Waals surface area contributed by atoms with Gasteiger partial charge < -0.3 is 21.1 Å². The van der Waals surface area contributed by atoms with Crippen molar-refractivity contribution < 1.29 is 14.7 Å². The lowest BCUT2D eigenvalue weighted by Gasteiger charge is -2.20. The summed E-state index contributed by atoms with van der Waals surface area (Å²) in [5.74, 6) is -0.583. The third-order valence-electron chi connectivity index (χ3n) is 4.07. The number of hydrogen-bond acceptors (Lipinski definition) is 5. The molecule has 132 valence electrons. The summed E-state index contributed by atoms with van der Waals surface area (Å²) in [7, 11) is 0. The van der Waals surface area contributed by atoms with Gasteiger partial charge in [-0.2, -0.15) is 5.26 Å². The number of phenolic OH excluding ortho intramolecular Hbond substituents is 1. The standard InChI is InChI=1S/C18H22N4O3/c19-11-15(12-22-17(24)14-6-8-20-9-7-14)18(25)21-10-5-13-1-3-16(23)4-2-13/h1-4,12,14,20,23H,5-10H2,(H,21,25)(H,22,24)/b15-12-. The highest BCUT2D eigenvalue weighted by Gasteiger charge is 2.20. The smallest absolute Gasteiger partial charge is 0.263 e. The van der Waals surface area contributed by atoms with E-state index < -0.39 is 5.91 Å². The van der Waals surface area contributed by atoms with Crippen molar-refractivity contribution in [3.63, 3.8) is 0 Å². The van der Waals surface area contributed by atoms with Gasteiger partial charge in [0.05, 0.1) is 0 Å². The van der Waals surface area contributed by atoms with E-state index in [-0.39, 0.29) is 23.1 Å².